The van der Waals surface area contributed by atoms with Crippen LogP contribution in [0.5, 0.6) is 0 Å². The van der Waals surface area contributed by atoms with Gasteiger partial charge in [-0.15, -0.1) is 0 Å². The molecule has 1 aliphatic rings. The van der Waals surface area contributed by atoms with E-state index in [0.29, 0.717) is 0 Å². The molecule has 1 N–H and O–H groups in total. The Morgan fingerprint density at radius 3 is 2.75 bits per heavy atom. The van der Waals surface area contributed by atoms with E-state index in [4.69, 9.17) is 11.6 Å². The van der Waals surface area contributed by atoms with E-state index in [9.17, 15) is 0 Å². The summed E-state index contributed by atoms with van der Waals surface area (Å²) < 4.78 is 0. The minimum atomic E-state index is 0.766. The number of nitrogens with zero attached hydrogens (tertiary/aromatic N) is 2. The molecule has 0 aromatic carbocycles. The molecule has 0 unspecified atom stereocenters. The van der Waals surface area contributed by atoms with Crippen LogP contribution in [-0.4, -0.2) is 30.0 Å². The molecule has 0 spiro atoms. The summed E-state index contributed by atoms with van der Waals surface area (Å²) in [6, 6.07) is 3.88. The van der Waals surface area contributed by atoms with Crippen LogP contribution in [0.2, 0.25) is 5.02 Å². The number of rotatable bonds is 6. The van der Waals surface area contributed by atoms with Crippen molar-refractivity contribution in [3.63, 3.8) is 0 Å². The van der Waals surface area contributed by atoms with Crippen LogP contribution in [0, 0.1) is 5.92 Å². The summed E-state index contributed by atoms with van der Waals surface area (Å²) in [6.07, 6.45) is 6.96. The summed E-state index contributed by atoms with van der Waals surface area (Å²) >= 11 is 6.27. The van der Waals surface area contributed by atoms with Gasteiger partial charge in [-0.3, -0.25) is 0 Å². The molecule has 3 nitrogen and oxygen atoms in total. The summed E-state index contributed by atoms with van der Waals surface area (Å²) in [5.74, 6) is 1.77. The van der Waals surface area contributed by atoms with Crippen LogP contribution in [0.1, 0.15) is 44.7 Å². The molecule has 1 aromatic heterocycles. The normalized spacial score (nSPS) is 16.6. The van der Waals surface area contributed by atoms with Crippen molar-refractivity contribution in [3.8, 4) is 0 Å². The highest BCUT2D eigenvalue weighted by Crippen LogP contribution is 2.25. The van der Waals surface area contributed by atoms with E-state index in [2.05, 4.69) is 29.2 Å². The Hall–Kier alpha value is -0.800. The van der Waals surface area contributed by atoms with E-state index >= 15 is 0 Å². The maximum atomic E-state index is 6.27. The molecule has 1 aromatic rings. The first-order chi connectivity index (χ1) is 9.69. The molecule has 0 amide bonds. The van der Waals surface area contributed by atoms with Gasteiger partial charge >= 0.3 is 0 Å². The first-order valence-corrected chi connectivity index (χ1v) is 8.14. The number of hydrogen-bond acceptors (Lipinski definition) is 3. The van der Waals surface area contributed by atoms with E-state index in [1.54, 1.807) is 0 Å². The van der Waals surface area contributed by atoms with Gasteiger partial charge in [-0.25, -0.2) is 4.98 Å². The molecule has 1 fully saturated rings. The monoisotopic (exact) mass is 295 g/mol. The number of nitrogens with one attached hydrogen (secondary N) is 1. The lowest BCUT2D eigenvalue weighted by atomic mass is 9.89. The van der Waals surface area contributed by atoms with Gasteiger partial charge in [-0.2, -0.15) is 0 Å². The molecule has 0 aliphatic heterocycles. The Balaban J connectivity index is 1.92. The molecule has 1 heterocycles. The van der Waals surface area contributed by atoms with Crippen LogP contribution >= 0.6 is 11.6 Å². The minimum absolute atomic E-state index is 0.766. The topological polar surface area (TPSA) is 28.2 Å². The summed E-state index contributed by atoms with van der Waals surface area (Å²) in [5.41, 5.74) is 0.975. The number of hydrogen-bond donors (Lipinski definition) is 1. The molecule has 1 saturated carbocycles. The van der Waals surface area contributed by atoms with E-state index in [-0.39, 0.29) is 0 Å². The Morgan fingerprint density at radius 2 is 2.05 bits per heavy atom. The van der Waals surface area contributed by atoms with Gasteiger partial charge in [0.2, 0.25) is 0 Å². The average molecular weight is 296 g/mol. The summed E-state index contributed by atoms with van der Waals surface area (Å²) in [4.78, 5) is 6.97. The van der Waals surface area contributed by atoms with Crippen LogP contribution in [0.25, 0.3) is 0 Å². The third kappa shape index (κ3) is 4.64. The van der Waals surface area contributed by atoms with Gasteiger partial charge in [0.1, 0.15) is 5.82 Å². The maximum absolute atomic E-state index is 6.27. The first-order valence-electron chi connectivity index (χ1n) is 7.77. The molecular weight excluding hydrogens is 270 g/mol. The highest BCUT2D eigenvalue weighted by Gasteiger charge is 2.16. The quantitative estimate of drug-likeness (QED) is 0.853. The summed E-state index contributed by atoms with van der Waals surface area (Å²) in [6.45, 7) is 4.94. The molecule has 20 heavy (non-hydrogen) atoms. The van der Waals surface area contributed by atoms with Crippen molar-refractivity contribution >= 4 is 17.4 Å². The second-order valence-corrected chi connectivity index (χ2v) is 6.26. The predicted molar refractivity (Wildman–Crippen MR) is 86.3 cm³/mol. The first kappa shape index (κ1) is 15.6. The Labute approximate surface area is 127 Å². The molecular formula is C16H26ClN3. The Kier molecular flexibility index (Phi) is 6.11. The van der Waals surface area contributed by atoms with Gasteiger partial charge in [0, 0.05) is 19.6 Å². The second-order valence-electron chi connectivity index (χ2n) is 5.86. The van der Waals surface area contributed by atoms with Gasteiger partial charge in [0.15, 0.2) is 0 Å². The summed E-state index contributed by atoms with van der Waals surface area (Å²) in [5, 5.41) is 4.01. The van der Waals surface area contributed by atoms with E-state index in [1.807, 2.05) is 12.1 Å². The van der Waals surface area contributed by atoms with Crippen LogP contribution < -0.4 is 5.32 Å². The molecule has 112 valence electrons. The van der Waals surface area contributed by atoms with Crippen LogP contribution in [-0.2, 0) is 6.54 Å². The Bertz CT molecular complexity index is 416. The van der Waals surface area contributed by atoms with Gasteiger partial charge in [0.05, 0.1) is 10.7 Å². The SMILES string of the molecule is CCNc1ccc(Cl)c(CN(C)CC2CCCCC2)n1. The molecule has 4 heteroatoms. The van der Waals surface area contributed by atoms with Crippen molar-refractivity contribution in [2.24, 2.45) is 5.92 Å². The average Bonchev–Trinajstić information content (AvgIpc) is 2.44. The lowest BCUT2D eigenvalue weighted by Crippen LogP contribution is -2.27. The van der Waals surface area contributed by atoms with E-state index in [0.717, 1.165) is 42.1 Å². The molecule has 1 aliphatic carbocycles. The molecule has 0 radical (unpaired) electrons. The molecule has 0 atom stereocenters. The van der Waals surface area contributed by atoms with Crippen LogP contribution in [0.4, 0.5) is 5.82 Å². The van der Waals surface area contributed by atoms with Gasteiger partial charge in [-0.1, -0.05) is 30.9 Å². The van der Waals surface area contributed by atoms with Gasteiger partial charge < -0.3 is 10.2 Å². The number of anilines is 1. The smallest absolute Gasteiger partial charge is 0.126 e. The van der Waals surface area contributed by atoms with Gasteiger partial charge in [0.25, 0.3) is 0 Å². The van der Waals surface area contributed by atoms with Crippen molar-refractivity contribution in [2.45, 2.75) is 45.6 Å². The standard InChI is InChI=1S/C16H26ClN3/c1-3-18-16-10-9-14(17)15(19-16)12-20(2)11-13-7-5-4-6-8-13/h9-10,13H,3-8,11-12H2,1-2H3,(H,18,19). The van der Waals surface area contributed by atoms with E-state index < -0.39 is 0 Å². The zero-order valence-electron chi connectivity index (χ0n) is 12.7. The fourth-order valence-electron chi connectivity index (χ4n) is 3.01. The number of aromatic nitrogens is 1. The van der Waals surface area contributed by atoms with Crippen molar-refractivity contribution in [1.29, 1.82) is 0 Å². The van der Waals surface area contributed by atoms with Crippen LogP contribution in [0.15, 0.2) is 12.1 Å². The predicted octanol–water partition coefficient (Wildman–Crippen LogP) is 4.18. The second kappa shape index (κ2) is 7.84. The van der Waals surface area contributed by atoms with Gasteiger partial charge in [-0.05, 0) is 44.9 Å². The lowest BCUT2D eigenvalue weighted by Gasteiger charge is -2.27. The van der Waals surface area contributed by atoms with Crippen molar-refractivity contribution in [2.75, 3.05) is 25.5 Å². The van der Waals surface area contributed by atoms with Crippen LogP contribution in [0.3, 0.4) is 0 Å². The van der Waals surface area contributed by atoms with Crippen molar-refractivity contribution in [1.82, 2.24) is 9.88 Å². The zero-order chi connectivity index (χ0) is 14.4. The largest absolute Gasteiger partial charge is 0.370 e. The molecule has 0 saturated heterocycles. The molecule has 2 rings (SSSR count). The third-order valence-electron chi connectivity index (χ3n) is 3.99. The zero-order valence-corrected chi connectivity index (χ0v) is 13.4. The fourth-order valence-corrected chi connectivity index (χ4v) is 3.17. The Morgan fingerprint density at radius 1 is 1.30 bits per heavy atom. The summed E-state index contributed by atoms with van der Waals surface area (Å²) in [7, 11) is 2.17. The highest BCUT2D eigenvalue weighted by atomic mass is 35.5. The highest BCUT2D eigenvalue weighted by molar-refractivity contribution is 6.31. The molecule has 0 bridgehead atoms. The maximum Gasteiger partial charge on any atom is 0.126 e. The number of pyridine rings is 1. The lowest BCUT2D eigenvalue weighted by molar-refractivity contribution is 0.226. The third-order valence-corrected chi connectivity index (χ3v) is 4.33. The minimum Gasteiger partial charge on any atom is -0.370 e. The van der Waals surface area contributed by atoms with E-state index in [1.165, 1.54) is 32.1 Å². The van der Waals surface area contributed by atoms with Crippen molar-refractivity contribution < 1.29 is 0 Å². The van der Waals surface area contributed by atoms with Crippen molar-refractivity contribution in [3.05, 3.63) is 22.8 Å². The number of halogens is 1. The fraction of sp³-hybridized carbons (Fsp3) is 0.688.